The summed E-state index contributed by atoms with van der Waals surface area (Å²) in [5.41, 5.74) is 17.0. The number of pyridine rings is 1. The molecule has 0 N–H and O–H groups in total. The van der Waals surface area contributed by atoms with E-state index in [2.05, 4.69) is 247 Å². The number of thiophene rings is 2. The molecule has 8 aromatic carbocycles. The third-order valence-corrected chi connectivity index (χ3v) is 16.7. The minimum absolute atomic E-state index is 0.0384. The Kier molecular flexibility index (Phi) is 8.56. The number of aryl methyl sites for hydroxylation is 1. The zero-order valence-electron chi connectivity index (χ0n) is 38.2. The minimum Gasteiger partial charge on any atom is -0.310 e. The second-order valence-electron chi connectivity index (χ2n) is 19.5. The van der Waals surface area contributed by atoms with Crippen LogP contribution in [0.1, 0.15) is 31.9 Å². The van der Waals surface area contributed by atoms with Crippen molar-refractivity contribution in [3.63, 3.8) is 0 Å². The lowest BCUT2D eigenvalue weighted by Crippen LogP contribution is -2.61. The number of para-hydroxylation sites is 2. The molecule has 68 heavy (non-hydrogen) atoms. The van der Waals surface area contributed by atoms with E-state index < -0.39 is 0 Å². The highest BCUT2D eigenvalue weighted by Crippen LogP contribution is 2.52. The van der Waals surface area contributed by atoms with Gasteiger partial charge in [0, 0.05) is 76.8 Å². The first-order valence-electron chi connectivity index (χ1n) is 23.5. The third kappa shape index (κ3) is 5.79. The van der Waals surface area contributed by atoms with Gasteiger partial charge in [-0.3, -0.25) is 4.90 Å². The van der Waals surface area contributed by atoms with Crippen LogP contribution in [0.3, 0.4) is 0 Å². The van der Waals surface area contributed by atoms with E-state index in [1.807, 2.05) is 22.7 Å². The molecule has 12 aromatic rings. The molecule has 0 radical (unpaired) electrons. The molecular weight excluding hydrogens is 864 g/mol. The number of aromatic nitrogens is 1. The van der Waals surface area contributed by atoms with Gasteiger partial charge in [0.2, 0.25) is 0 Å². The van der Waals surface area contributed by atoms with E-state index in [0.717, 1.165) is 17.1 Å². The van der Waals surface area contributed by atoms with Crippen molar-refractivity contribution in [1.82, 2.24) is 4.40 Å². The molecule has 0 amide bonds. The zero-order valence-corrected chi connectivity index (χ0v) is 39.9. The number of nitrogens with zero attached hydrogens (tertiary/aromatic N) is 4. The van der Waals surface area contributed by atoms with Crippen molar-refractivity contribution in [2.75, 3.05) is 14.7 Å². The largest absolute Gasteiger partial charge is 0.310 e. The summed E-state index contributed by atoms with van der Waals surface area (Å²) in [5, 5.41) is 5.18. The number of benzene rings is 8. The highest BCUT2D eigenvalue weighted by atomic mass is 32.1. The van der Waals surface area contributed by atoms with Gasteiger partial charge in [-0.15, -0.1) is 22.7 Å². The van der Waals surface area contributed by atoms with Crippen molar-refractivity contribution in [2.24, 2.45) is 0 Å². The van der Waals surface area contributed by atoms with Crippen LogP contribution < -0.4 is 31.1 Å². The van der Waals surface area contributed by atoms with Crippen LogP contribution in [0.4, 0.5) is 51.3 Å². The van der Waals surface area contributed by atoms with E-state index in [1.165, 1.54) is 108 Å². The Labute approximate surface area is 404 Å². The average molecular weight is 909 g/mol. The lowest BCUT2D eigenvalue weighted by Gasteiger charge is -2.44. The topological polar surface area (TPSA) is 14.1 Å². The van der Waals surface area contributed by atoms with Crippen molar-refractivity contribution < 1.29 is 0 Å². The molecule has 0 saturated heterocycles. The molecule has 7 heteroatoms. The summed E-state index contributed by atoms with van der Waals surface area (Å²) in [5.74, 6) is 1.20. The molecule has 324 valence electrons. The van der Waals surface area contributed by atoms with Crippen LogP contribution in [0.25, 0.3) is 45.9 Å². The predicted octanol–water partition coefficient (Wildman–Crippen LogP) is 15.8. The van der Waals surface area contributed by atoms with Crippen LogP contribution in [0, 0.1) is 6.92 Å². The summed E-state index contributed by atoms with van der Waals surface area (Å²) in [4.78, 5) is 7.64. The average Bonchev–Trinajstić information content (AvgIpc) is 4.06. The highest BCUT2D eigenvalue weighted by Gasteiger charge is 2.46. The summed E-state index contributed by atoms with van der Waals surface area (Å²) < 4.78 is 7.68. The zero-order chi connectivity index (χ0) is 45.4. The van der Waals surface area contributed by atoms with E-state index in [-0.39, 0.29) is 12.1 Å². The maximum absolute atomic E-state index is 2.62. The number of anilines is 9. The molecule has 14 rings (SSSR count). The number of fused-ring (bicyclic) bond motifs is 12. The Hall–Kier alpha value is -7.58. The Morgan fingerprint density at radius 1 is 0.456 bits per heavy atom. The summed E-state index contributed by atoms with van der Waals surface area (Å²) in [6, 6.07) is 72.5. The molecule has 4 nitrogen and oxygen atoms in total. The highest BCUT2D eigenvalue weighted by molar-refractivity contribution is 7.27. The lowest BCUT2D eigenvalue weighted by atomic mass is 9.34. The van der Waals surface area contributed by atoms with Crippen molar-refractivity contribution in [3.8, 4) is 0 Å². The van der Waals surface area contributed by atoms with Gasteiger partial charge in [0.1, 0.15) is 5.82 Å². The molecular formula is C61H45BN4S2. The fourth-order valence-corrected chi connectivity index (χ4v) is 13.7. The fraction of sp³-hybridized carbons (Fsp3) is 0.0820. The van der Waals surface area contributed by atoms with Crippen LogP contribution in [-0.4, -0.2) is 11.1 Å². The number of hydrogen-bond donors (Lipinski definition) is 0. The van der Waals surface area contributed by atoms with Gasteiger partial charge in [-0.25, -0.2) is 0 Å². The van der Waals surface area contributed by atoms with Gasteiger partial charge in [0.15, 0.2) is 0 Å². The van der Waals surface area contributed by atoms with E-state index >= 15 is 0 Å². The van der Waals surface area contributed by atoms with Gasteiger partial charge < -0.3 is 14.2 Å². The maximum Gasteiger partial charge on any atom is 0.254 e. The Balaban J connectivity index is 1.11. The molecule has 4 aromatic heterocycles. The number of rotatable bonds is 5. The van der Waals surface area contributed by atoms with Crippen LogP contribution >= 0.6 is 22.7 Å². The van der Waals surface area contributed by atoms with Gasteiger partial charge in [0.05, 0.1) is 20.8 Å². The molecule has 0 bridgehead atoms. The second kappa shape index (κ2) is 14.7. The maximum atomic E-state index is 2.62. The molecule has 0 atom stereocenters. The van der Waals surface area contributed by atoms with Crippen LogP contribution in [0.2, 0.25) is 0 Å². The first-order valence-corrected chi connectivity index (χ1v) is 25.2. The predicted molar refractivity (Wildman–Crippen MR) is 295 cm³/mol. The monoisotopic (exact) mass is 908 g/mol. The van der Waals surface area contributed by atoms with E-state index in [4.69, 9.17) is 0 Å². The molecule has 0 unspecified atom stereocenters. The Bertz CT molecular complexity index is 3970. The third-order valence-electron chi connectivity index (χ3n) is 14.3. The molecule has 6 heterocycles. The fourth-order valence-electron chi connectivity index (χ4n) is 11.2. The van der Waals surface area contributed by atoms with Gasteiger partial charge in [-0.2, -0.15) is 0 Å². The van der Waals surface area contributed by atoms with Crippen LogP contribution in [-0.2, 0) is 5.41 Å². The van der Waals surface area contributed by atoms with E-state index in [0.29, 0.717) is 0 Å². The van der Waals surface area contributed by atoms with Gasteiger partial charge >= 0.3 is 0 Å². The molecule has 2 aliphatic heterocycles. The van der Waals surface area contributed by atoms with Crippen LogP contribution in [0.5, 0.6) is 0 Å². The second-order valence-corrected chi connectivity index (χ2v) is 21.6. The first-order chi connectivity index (χ1) is 33.3. The van der Waals surface area contributed by atoms with Gasteiger partial charge in [-0.1, -0.05) is 130 Å². The van der Waals surface area contributed by atoms with Crippen molar-refractivity contribution >= 4 is 143 Å². The normalized spacial score (nSPS) is 13.2. The summed E-state index contributed by atoms with van der Waals surface area (Å²) in [7, 11) is 0. The Morgan fingerprint density at radius 3 is 1.63 bits per heavy atom. The summed E-state index contributed by atoms with van der Waals surface area (Å²) in [6.07, 6.45) is 2.41. The summed E-state index contributed by atoms with van der Waals surface area (Å²) in [6.45, 7) is 9.19. The van der Waals surface area contributed by atoms with E-state index in [9.17, 15) is 0 Å². The first kappa shape index (κ1) is 39.6. The van der Waals surface area contributed by atoms with Crippen molar-refractivity contribution in [1.29, 1.82) is 0 Å². The summed E-state index contributed by atoms with van der Waals surface area (Å²) >= 11 is 3.80. The minimum atomic E-state index is -0.0461. The lowest BCUT2D eigenvalue weighted by molar-refractivity contribution is 0.586. The van der Waals surface area contributed by atoms with E-state index in [1.54, 1.807) is 0 Å². The quantitative estimate of drug-likeness (QED) is 0.160. The number of hydrogen-bond acceptors (Lipinski definition) is 5. The molecule has 2 aliphatic rings. The molecule has 0 fully saturated rings. The molecule has 0 aliphatic carbocycles. The SMILES string of the molecule is Cc1cc2c3c(c1)N(c1cccc4c1sc1ccccc14)c1c(cc4ccc(C(C)(C)C)cn14)B3c1ccc(N(c3ccccc3)c3ccccc3)cc1N2c1cccc2c1sc1ccccc12. The Morgan fingerprint density at radius 2 is 1.01 bits per heavy atom. The van der Waals surface area contributed by atoms with Gasteiger partial charge in [0.25, 0.3) is 6.71 Å². The van der Waals surface area contributed by atoms with Crippen LogP contribution in [0.15, 0.2) is 200 Å². The van der Waals surface area contributed by atoms with Gasteiger partial charge in [-0.05, 0) is 125 Å². The van der Waals surface area contributed by atoms with Crippen molar-refractivity contribution in [3.05, 3.63) is 211 Å². The molecule has 0 saturated carbocycles. The van der Waals surface area contributed by atoms with Crippen molar-refractivity contribution in [2.45, 2.75) is 33.1 Å². The molecule has 0 spiro atoms. The smallest absolute Gasteiger partial charge is 0.254 e. The standard InChI is InChI=1S/C61H45BN4S2/c1-38-33-53-57-54(34-38)66(51-26-16-24-47-45-22-12-14-28-56(45)68-59(47)51)60-49(35-42-30-29-39(37-63(42)60)61(2,3)4)62(57)48-32-31-43(64(40-17-7-5-8-18-40)41-19-9-6-10-20-41)36-52(48)65(53)50-25-15-23-46-44-21-11-13-27-55(44)67-58(46)50/h5-37H,1-4H3.